The predicted octanol–water partition coefficient (Wildman–Crippen LogP) is 4.99. The molecule has 4 aromatic rings. The van der Waals surface area contributed by atoms with Gasteiger partial charge in [0.15, 0.2) is 5.82 Å². The van der Waals surface area contributed by atoms with Gasteiger partial charge in [-0.3, -0.25) is 0 Å². The fourth-order valence-electron chi connectivity index (χ4n) is 2.98. The maximum Gasteiger partial charge on any atom is 0.155 e. The molecule has 2 aromatic heterocycles. The standard InChI is InChI=1S/C22H22N4S/c1-26(2)12-11-23-22-19-14-16-6-3-4-7-17(16)15-20(19)24-21(25-22)10-9-18-8-5-13-27-18/h3-10,13-15H,11-12H2,1-2H3,(H,23,24,25)/b10-9+. The molecule has 1 N–H and O–H groups in total. The van der Waals surface area contributed by atoms with Crippen LogP contribution in [0.1, 0.15) is 10.7 Å². The van der Waals surface area contributed by atoms with Crippen molar-refractivity contribution in [3.8, 4) is 0 Å². The molecular weight excluding hydrogens is 352 g/mol. The lowest BCUT2D eigenvalue weighted by atomic mass is 10.1. The van der Waals surface area contributed by atoms with Gasteiger partial charge in [0, 0.05) is 23.4 Å². The molecule has 4 rings (SSSR count). The number of aromatic nitrogens is 2. The lowest BCUT2D eigenvalue weighted by Crippen LogP contribution is -2.21. The van der Waals surface area contributed by atoms with Crippen LogP contribution in [0.15, 0.2) is 53.9 Å². The number of likely N-dealkylation sites (N-methyl/N-ethyl adjacent to an activating group) is 1. The average Bonchev–Trinajstić information content (AvgIpc) is 3.18. The monoisotopic (exact) mass is 374 g/mol. The third-order valence-electron chi connectivity index (χ3n) is 4.37. The maximum absolute atomic E-state index is 4.78. The van der Waals surface area contributed by atoms with Crippen LogP contribution in [0.5, 0.6) is 0 Å². The van der Waals surface area contributed by atoms with Crippen molar-refractivity contribution in [2.75, 3.05) is 32.5 Å². The molecule has 2 heterocycles. The summed E-state index contributed by atoms with van der Waals surface area (Å²) in [7, 11) is 4.14. The normalized spacial score (nSPS) is 11.8. The molecule has 0 aliphatic carbocycles. The van der Waals surface area contributed by atoms with E-state index in [9.17, 15) is 0 Å². The second-order valence-electron chi connectivity index (χ2n) is 6.73. The van der Waals surface area contributed by atoms with Gasteiger partial charge in [0.1, 0.15) is 5.82 Å². The molecular formula is C22H22N4S. The Balaban J connectivity index is 1.78. The zero-order valence-electron chi connectivity index (χ0n) is 15.5. The number of nitrogens with one attached hydrogen (secondary N) is 1. The summed E-state index contributed by atoms with van der Waals surface area (Å²) in [4.78, 5) is 12.9. The van der Waals surface area contributed by atoms with Crippen LogP contribution in [0, 0.1) is 0 Å². The molecule has 0 atom stereocenters. The van der Waals surface area contributed by atoms with Crippen LogP contribution < -0.4 is 5.32 Å². The molecule has 0 bridgehead atoms. The molecule has 4 nitrogen and oxygen atoms in total. The molecule has 0 unspecified atom stereocenters. The number of rotatable bonds is 6. The highest BCUT2D eigenvalue weighted by molar-refractivity contribution is 7.10. The number of fused-ring (bicyclic) bond motifs is 2. The van der Waals surface area contributed by atoms with E-state index in [-0.39, 0.29) is 0 Å². The molecule has 0 fully saturated rings. The van der Waals surface area contributed by atoms with Crippen LogP contribution in [0.25, 0.3) is 33.8 Å². The molecule has 5 heteroatoms. The zero-order valence-corrected chi connectivity index (χ0v) is 16.3. The summed E-state index contributed by atoms with van der Waals surface area (Å²) in [5, 5.41) is 9.01. The van der Waals surface area contributed by atoms with Gasteiger partial charge in [0.05, 0.1) is 5.52 Å². The minimum atomic E-state index is 0.721. The van der Waals surface area contributed by atoms with Gasteiger partial charge in [0.2, 0.25) is 0 Å². The van der Waals surface area contributed by atoms with Gasteiger partial charge in [0.25, 0.3) is 0 Å². The summed E-state index contributed by atoms with van der Waals surface area (Å²) in [6.07, 6.45) is 4.05. The molecule has 0 aliphatic heterocycles. The quantitative estimate of drug-likeness (QED) is 0.483. The van der Waals surface area contributed by atoms with Gasteiger partial charge < -0.3 is 10.2 Å². The maximum atomic E-state index is 4.78. The fraction of sp³-hybridized carbons (Fsp3) is 0.182. The Morgan fingerprint density at radius 2 is 1.81 bits per heavy atom. The van der Waals surface area contributed by atoms with E-state index in [1.54, 1.807) is 11.3 Å². The Morgan fingerprint density at radius 3 is 2.56 bits per heavy atom. The minimum absolute atomic E-state index is 0.721. The molecule has 2 aromatic carbocycles. The van der Waals surface area contributed by atoms with Gasteiger partial charge in [-0.15, -0.1) is 11.3 Å². The van der Waals surface area contributed by atoms with Crippen molar-refractivity contribution in [1.29, 1.82) is 0 Å². The van der Waals surface area contributed by atoms with Crippen LogP contribution in [-0.4, -0.2) is 42.1 Å². The molecule has 27 heavy (non-hydrogen) atoms. The number of thiophene rings is 1. The Morgan fingerprint density at radius 1 is 1.00 bits per heavy atom. The average molecular weight is 375 g/mol. The van der Waals surface area contributed by atoms with Gasteiger partial charge in [-0.2, -0.15) is 0 Å². The highest BCUT2D eigenvalue weighted by atomic mass is 32.1. The van der Waals surface area contributed by atoms with E-state index in [1.807, 2.05) is 12.1 Å². The van der Waals surface area contributed by atoms with Crippen molar-refractivity contribution in [2.24, 2.45) is 0 Å². The smallest absolute Gasteiger partial charge is 0.155 e. The summed E-state index contributed by atoms with van der Waals surface area (Å²) in [6, 6.07) is 16.8. The van der Waals surface area contributed by atoms with Gasteiger partial charge in [-0.05, 0) is 60.6 Å². The van der Waals surface area contributed by atoms with E-state index in [2.05, 4.69) is 78.2 Å². The van der Waals surface area contributed by atoms with Gasteiger partial charge in [-0.1, -0.05) is 30.3 Å². The molecule has 0 radical (unpaired) electrons. The Labute approximate surface area is 163 Å². The summed E-state index contributed by atoms with van der Waals surface area (Å²) in [5.41, 5.74) is 0.960. The second-order valence-corrected chi connectivity index (χ2v) is 7.70. The predicted molar refractivity (Wildman–Crippen MR) is 117 cm³/mol. The molecule has 0 amide bonds. The fourth-order valence-corrected chi connectivity index (χ4v) is 3.60. The summed E-state index contributed by atoms with van der Waals surface area (Å²) in [6.45, 7) is 1.78. The number of nitrogens with zero attached hydrogens (tertiary/aromatic N) is 3. The molecule has 0 aliphatic rings. The number of benzene rings is 2. The van der Waals surface area contributed by atoms with Gasteiger partial charge in [-0.25, -0.2) is 9.97 Å². The van der Waals surface area contributed by atoms with E-state index in [1.165, 1.54) is 15.6 Å². The van der Waals surface area contributed by atoms with Crippen LogP contribution in [0.3, 0.4) is 0 Å². The first-order valence-electron chi connectivity index (χ1n) is 9.00. The van der Waals surface area contributed by atoms with Gasteiger partial charge >= 0.3 is 0 Å². The van der Waals surface area contributed by atoms with Crippen molar-refractivity contribution >= 4 is 51.0 Å². The van der Waals surface area contributed by atoms with Crippen molar-refractivity contribution < 1.29 is 0 Å². The largest absolute Gasteiger partial charge is 0.368 e. The number of anilines is 1. The lowest BCUT2D eigenvalue weighted by Gasteiger charge is -2.13. The topological polar surface area (TPSA) is 41.0 Å². The molecule has 136 valence electrons. The van der Waals surface area contributed by atoms with Crippen LogP contribution >= 0.6 is 11.3 Å². The third-order valence-corrected chi connectivity index (χ3v) is 5.21. The van der Waals surface area contributed by atoms with E-state index in [4.69, 9.17) is 9.97 Å². The third kappa shape index (κ3) is 4.15. The van der Waals surface area contributed by atoms with E-state index >= 15 is 0 Å². The Hall–Kier alpha value is -2.76. The van der Waals surface area contributed by atoms with Crippen molar-refractivity contribution in [2.45, 2.75) is 0 Å². The van der Waals surface area contributed by atoms with E-state index in [0.29, 0.717) is 0 Å². The number of hydrogen-bond acceptors (Lipinski definition) is 5. The molecule has 0 saturated carbocycles. The molecule has 0 spiro atoms. The highest BCUT2D eigenvalue weighted by Gasteiger charge is 2.08. The summed E-state index contributed by atoms with van der Waals surface area (Å²) in [5.74, 6) is 1.61. The number of hydrogen-bond donors (Lipinski definition) is 1. The SMILES string of the molecule is CN(C)CCNc1nc(/C=C/c2cccs2)nc2cc3ccccc3cc12. The first-order chi connectivity index (χ1) is 13.2. The van der Waals surface area contributed by atoms with Crippen molar-refractivity contribution in [3.63, 3.8) is 0 Å². The lowest BCUT2D eigenvalue weighted by molar-refractivity contribution is 0.425. The second kappa shape index (κ2) is 7.86. The van der Waals surface area contributed by atoms with E-state index in [0.717, 1.165) is 35.6 Å². The Bertz CT molecular complexity index is 1080. The first-order valence-corrected chi connectivity index (χ1v) is 9.88. The zero-order chi connectivity index (χ0) is 18.6. The van der Waals surface area contributed by atoms with Crippen LogP contribution in [0.2, 0.25) is 0 Å². The first kappa shape index (κ1) is 17.6. The Kier molecular flexibility index (Phi) is 5.14. The molecule has 0 saturated heterocycles. The van der Waals surface area contributed by atoms with Crippen molar-refractivity contribution in [3.05, 3.63) is 64.6 Å². The van der Waals surface area contributed by atoms with Crippen LogP contribution in [-0.2, 0) is 0 Å². The highest BCUT2D eigenvalue weighted by Crippen LogP contribution is 2.27. The minimum Gasteiger partial charge on any atom is -0.368 e. The summed E-state index contributed by atoms with van der Waals surface area (Å²) < 4.78 is 0. The van der Waals surface area contributed by atoms with Crippen molar-refractivity contribution in [1.82, 2.24) is 14.9 Å². The van der Waals surface area contributed by atoms with E-state index < -0.39 is 0 Å². The van der Waals surface area contributed by atoms with Crippen LogP contribution in [0.4, 0.5) is 5.82 Å². The summed E-state index contributed by atoms with van der Waals surface area (Å²) >= 11 is 1.71.